The molecule has 15 heavy (non-hydrogen) atoms. The molecular formula is C10H19NO3S. The predicted molar refractivity (Wildman–Crippen MR) is 59.6 cm³/mol. The molecule has 0 saturated carbocycles. The minimum atomic E-state index is -2.81. The third-order valence-electron chi connectivity index (χ3n) is 3.11. The van der Waals surface area contributed by atoms with E-state index < -0.39 is 9.84 Å². The molecule has 0 aromatic carbocycles. The Kier molecular flexibility index (Phi) is 3.89. The molecule has 0 radical (unpaired) electrons. The van der Waals surface area contributed by atoms with Crippen molar-refractivity contribution in [1.82, 2.24) is 4.90 Å². The number of aldehydes is 1. The van der Waals surface area contributed by atoms with Gasteiger partial charge in [-0.1, -0.05) is 13.8 Å². The first kappa shape index (κ1) is 12.6. The van der Waals surface area contributed by atoms with E-state index in [0.29, 0.717) is 19.6 Å². The number of sulfone groups is 1. The van der Waals surface area contributed by atoms with Crippen LogP contribution in [0.2, 0.25) is 0 Å². The van der Waals surface area contributed by atoms with Crippen molar-refractivity contribution in [3.63, 3.8) is 0 Å². The maximum atomic E-state index is 11.2. The summed E-state index contributed by atoms with van der Waals surface area (Å²) in [5.74, 6) is 0.456. The lowest BCUT2D eigenvalue weighted by Gasteiger charge is -2.33. The fourth-order valence-corrected chi connectivity index (χ4v) is 2.93. The average molecular weight is 233 g/mol. The van der Waals surface area contributed by atoms with Gasteiger partial charge >= 0.3 is 0 Å². The fourth-order valence-electron chi connectivity index (χ4n) is 1.65. The molecule has 1 aliphatic rings. The average Bonchev–Trinajstić information content (AvgIpc) is 2.21. The van der Waals surface area contributed by atoms with Gasteiger partial charge < -0.3 is 9.69 Å². The molecule has 1 fully saturated rings. The van der Waals surface area contributed by atoms with Gasteiger partial charge in [-0.25, -0.2) is 8.42 Å². The van der Waals surface area contributed by atoms with Gasteiger partial charge in [-0.05, 0) is 6.42 Å². The molecule has 1 unspecified atom stereocenters. The summed E-state index contributed by atoms with van der Waals surface area (Å²) in [6, 6.07) is 0. The summed E-state index contributed by atoms with van der Waals surface area (Å²) in [5.41, 5.74) is -0.332. The van der Waals surface area contributed by atoms with Crippen molar-refractivity contribution < 1.29 is 13.2 Å². The second kappa shape index (κ2) is 4.61. The van der Waals surface area contributed by atoms with Crippen LogP contribution in [0.25, 0.3) is 0 Å². The topological polar surface area (TPSA) is 54.5 Å². The van der Waals surface area contributed by atoms with Gasteiger partial charge in [0, 0.05) is 25.0 Å². The maximum absolute atomic E-state index is 11.2. The third-order valence-corrected chi connectivity index (χ3v) is 4.72. The first-order chi connectivity index (χ1) is 6.91. The Balaban J connectivity index is 2.52. The highest BCUT2D eigenvalue weighted by molar-refractivity contribution is 7.91. The SMILES string of the molecule is CCC(C)(C=O)CN1CCS(=O)(=O)CC1. The maximum Gasteiger partial charge on any atom is 0.152 e. The van der Waals surface area contributed by atoms with E-state index in [1.54, 1.807) is 0 Å². The lowest BCUT2D eigenvalue weighted by atomic mass is 9.89. The molecule has 1 aliphatic heterocycles. The van der Waals surface area contributed by atoms with Crippen molar-refractivity contribution in [1.29, 1.82) is 0 Å². The molecule has 0 bridgehead atoms. The van der Waals surface area contributed by atoms with E-state index in [1.807, 2.05) is 13.8 Å². The number of hydrogen-bond donors (Lipinski definition) is 0. The fraction of sp³-hybridized carbons (Fsp3) is 0.900. The second-order valence-corrected chi connectivity index (χ2v) is 6.86. The van der Waals surface area contributed by atoms with Crippen LogP contribution in [0.1, 0.15) is 20.3 Å². The molecular weight excluding hydrogens is 214 g/mol. The molecule has 0 spiro atoms. The Morgan fingerprint density at radius 2 is 1.87 bits per heavy atom. The second-order valence-electron chi connectivity index (χ2n) is 4.55. The monoisotopic (exact) mass is 233 g/mol. The molecule has 0 aromatic heterocycles. The Hall–Kier alpha value is -0.420. The van der Waals surface area contributed by atoms with Gasteiger partial charge in [0.25, 0.3) is 0 Å². The Morgan fingerprint density at radius 1 is 1.33 bits per heavy atom. The zero-order valence-corrected chi connectivity index (χ0v) is 10.2. The summed E-state index contributed by atoms with van der Waals surface area (Å²) in [5, 5.41) is 0. The summed E-state index contributed by atoms with van der Waals surface area (Å²) in [7, 11) is -2.81. The van der Waals surface area contributed by atoms with E-state index in [1.165, 1.54) is 0 Å². The normalized spacial score (nSPS) is 25.7. The predicted octanol–water partition coefficient (Wildman–Crippen LogP) is 0.332. The molecule has 88 valence electrons. The van der Waals surface area contributed by atoms with Crippen molar-refractivity contribution in [3.8, 4) is 0 Å². The summed E-state index contributed by atoms with van der Waals surface area (Å²) in [4.78, 5) is 13.0. The van der Waals surface area contributed by atoms with E-state index in [2.05, 4.69) is 4.90 Å². The Morgan fingerprint density at radius 3 is 2.27 bits per heavy atom. The summed E-state index contributed by atoms with van der Waals surface area (Å²) in [6.07, 6.45) is 1.77. The van der Waals surface area contributed by atoms with E-state index in [9.17, 15) is 13.2 Å². The summed E-state index contributed by atoms with van der Waals surface area (Å²) >= 11 is 0. The van der Waals surface area contributed by atoms with Crippen LogP contribution in [-0.2, 0) is 14.6 Å². The molecule has 1 saturated heterocycles. The van der Waals surface area contributed by atoms with E-state index in [-0.39, 0.29) is 16.9 Å². The molecule has 0 aromatic rings. The quantitative estimate of drug-likeness (QED) is 0.657. The molecule has 0 aliphatic carbocycles. The molecule has 1 rings (SSSR count). The van der Waals surface area contributed by atoms with Gasteiger partial charge in [0.1, 0.15) is 6.29 Å². The van der Waals surface area contributed by atoms with Crippen molar-refractivity contribution in [2.24, 2.45) is 5.41 Å². The van der Waals surface area contributed by atoms with Gasteiger partial charge in [-0.2, -0.15) is 0 Å². The van der Waals surface area contributed by atoms with Crippen molar-refractivity contribution in [3.05, 3.63) is 0 Å². The van der Waals surface area contributed by atoms with Crippen LogP contribution in [0.15, 0.2) is 0 Å². The summed E-state index contributed by atoms with van der Waals surface area (Å²) < 4.78 is 22.4. The molecule has 5 heteroatoms. The molecule has 0 amide bonds. The zero-order chi connectivity index (χ0) is 11.5. The van der Waals surface area contributed by atoms with Crippen LogP contribution in [0.4, 0.5) is 0 Å². The minimum Gasteiger partial charge on any atom is -0.303 e. The van der Waals surface area contributed by atoms with Crippen molar-refractivity contribution >= 4 is 16.1 Å². The van der Waals surface area contributed by atoms with Gasteiger partial charge in [0.15, 0.2) is 9.84 Å². The molecule has 0 N–H and O–H groups in total. The molecule has 1 atom stereocenters. The highest BCUT2D eigenvalue weighted by atomic mass is 32.2. The van der Waals surface area contributed by atoms with Crippen molar-refractivity contribution in [2.45, 2.75) is 20.3 Å². The third kappa shape index (κ3) is 3.57. The highest BCUT2D eigenvalue weighted by Crippen LogP contribution is 2.20. The lowest BCUT2D eigenvalue weighted by molar-refractivity contribution is -0.116. The standard InChI is InChI=1S/C10H19NO3S/c1-3-10(2,9-12)8-11-4-6-15(13,14)7-5-11/h9H,3-8H2,1-2H3. The number of rotatable bonds is 4. The van der Waals surface area contributed by atoms with Crippen LogP contribution in [0.3, 0.4) is 0 Å². The van der Waals surface area contributed by atoms with E-state index >= 15 is 0 Å². The van der Waals surface area contributed by atoms with Gasteiger partial charge in [0.2, 0.25) is 0 Å². The van der Waals surface area contributed by atoms with Gasteiger partial charge in [-0.3, -0.25) is 0 Å². The smallest absolute Gasteiger partial charge is 0.152 e. The number of carbonyl (C=O) groups excluding carboxylic acids is 1. The van der Waals surface area contributed by atoms with Crippen LogP contribution < -0.4 is 0 Å². The summed E-state index contributed by atoms with van der Waals surface area (Å²) in [6.45, 7) is 5.69. The van der Waals surface area contributed by atoms with Crippen molar-refractivity contribution in [2.75, 3.05) is 31.1 Å². The molecule has 1 heterocycles. The Bertz CT molecular complexity index is 312. The Labute approximate surface area is 91.6 Å². The highest BCUT2D eigenvalue weighted by Gasteiger charge is 2.28. The van der Waals surface area contributed by atoms with Crippen LogP contribution >= 0.6 is 0 Å². The zero-order valence-electron chi connectivity index (χ0n) is 9.40. The van der Waals surface area contributed by atoms with Gasteiger partial charge in [0.05, 0.1) is 11.5 Å². The number of carbonyl (C=O) groups is 1. The van der Waals surface area contributed by atoms with Gasteiger partial charge in [-0.15, -0.1) is 0 Å². The first-order valence-corrected chi connectivity index (χ1v) is 7.12. The lowest BCUT2D eigenvalue weighted by Crippen LogP contribution is -2.45. The van der Waals surface area contributed by atoms with Crippen LogP contribution in [0.5, 0.6) is 0 Å². The largest absolute Gasteiger partial charge is 0.303 e. The first-order valence-electron chi connectivity index (χ1n) is 5.30. The van der Waals surface area contributed by atoms with E-state index in [4.69, 9.17) is 0 Å². The number of hydrogen-bond acceptors (Lipinski definition) is 4. The minimum absolute atomic E-state index is 0.228. The molecule has 4 nitrogen and oxygen atoms in total. The number of nitrogens with zero attached hydrogens (tertiary/aromatic N) is 1. The van der Waals surface area contributed by atoms with Crippen LogP contribution in [0, 0.1) is 5.41 Å². The van der Waals surface area contributed by atoms with Crippen LogP contribution in [-0.4, -0.2) is 50.7 Å². The van der Waals surface area contributed by atoms with E-state index in [0.717, 1.165) is 12.7 Å².